The SMILES string of the molecule is O=C(c1scnc1-c1ccccc1)N1CCN(Cc2ccccc2)CC1. The minimum Gasteiger partial charge on any atom is -0.335 e. The van der Waals surface area contributed by atoms with Gasteiger partial charge in [-0.25, -0.2) is 4.98 Å². The number of carbonyl (C=O) groups excluding carboxylic acids is 1. The van der Waals surface area contributed by atoms with Crippen molar-refractivity contribution in [1.82, 2.24) is 14.8 Å². The molecule has 0 spiro atoms. The van der Waals surface area contributed by atoms with E-state index in [1.807, 2.05) is 41.3 Å². The molecule has 0 radical (unpaired) electrons. The van der Waals surface area contributed by atoms with Gasteiger partial charge in [-0.15, -0.1) is 11.3 Å². The summed E-state index contributed by atoms with van der Waals surface area (Å²) in [5, 5.41) is 0. The van der Waals surface area contributed by atoms with Crippen LogP contribution < -0.4 is 0 Å². The number of carbonyl (C=O) groups is 1. The van der Waals surface area contributed by atoms with Crippen molar-refractivity contribution in [2.75, 3.05) is 26.2 Å². The van der Waals surface area contributed by atoms with E-state index in [9.17, 15) is 4.79 Å². The molecule has 132 valence electrons. The summed E-state index contributed by atoms with van der Waals surface area (Å²) in [5.74, 6) is 0.103. The second kappa shape index (κ2) is 7.81. The summed E-state index contributed by atoms with van der Waals surface area (Å²) in [4.78, 5) is 22.5. The van der Waals surface area contributed by atoms with Crippen molar-refractivity contribution in [2.45, 2.75) is 6.54 Å². The van der Waals surface area contributed by atoms with Crippen molar-refractivity contribution < 1.29 is 4.79 Å². The molecule has 2 heterocycles. The fourth-order valence-electron chi connectivity index (χ4n) is 3.29. The Hall–Kier alpha value is -2.50. The summed E-state index contributed by atoms with van der Waals surface area (Å²) >= 11 is 1.43. The Kier molecular flexibility index (Phi) is 5.09. The van der Waals surface area contributed by atoms with Gasteiger partial charge in [-0.3, -0.25) is 9.69 Å². The second-order valence-electron chi connectivity index (χ2n) is 6.45. The molecule has 0 N–H and O–H groups in total. The summed E-state index contributed by atoms with van der Waals surface area (Å²) in [5.41, 5.74) is 4.88. The number of amides is 1. The van der Waals surface area contributed by atoms with E-state index in [0.29, 0.717) is 0 Å². The first-order valence-corrected chi connectivity index (χ1v) is 9.74. The van der Waals surface area contributed by atoms with Crippen LogP contribution in [-0.2, 0) is 6.54 Å². The highest BCUT2D eigenvalue weighted by Crippen LogP contribution is 2.27. The van der Waals surface area contributed by atoms with Crippen molar-refractivity contribution in [3.8, 4) is 11.3 Å². The molecule has 0 bridgehead atoms. The minimum atomic E-state index is 0.103. The average Bonchev–Trinajstić information content (AvgIpc) is 3.19. The zero-order valence-electron chi connectivity index (χ0n) is 14.5. The molecular weight excluding hydrogens is 342 g/mol. The molecule has 1 fully saturated rings. The largest absolute Gasteiger partial charge is 0.335 e. The van der Waals surface area contributed by atoms with E-state index >= 15 is 0 Å². The first kappa shape index (κ1) is 16.9. The van der Waals surface area contributed by atoms with Gasteiger partial charge in [0.1, 0.15) is 4.88 Å². The molecule has 0 saturated carbocycles. The molecular formula is C21H21N3OS. The van der Waals surface area contributed by atoms with Gasteiger partial charge in [-0.2, -0.15) is 0 Å². The van der Waals surface area contributed by atoms with Gasteiger partial charge in [-0.05, 0) is 5.56 Å². The van der Waals surface area contributed by atoms with Crippen LogP contribution in [0.4, 0.5) is 0 Å². The normalized spacial score (nSPS) is 15.2. The van der Waals surface area contributed by atoms with Gasteiger partial charge in [0, 0.05) is 38.3 Å². The Labute approximate surface area is 157 Å². The highest BCUT2D eigenvalue weighted by molar-refractivity contribution is 7.12. The first-order valence-electron chi connectivity index (χ1n) is 8.86. The number of hydrogen-bond donors (Lipinski definition) is 0. The molecule has 1 aromatic heterocycles. The topological polar surface area (TPSA) is 36.4 Å². The maximum Gasteiger partial charge on any atom is 0.266 e. The van der Waals surface area contributed by atoms with Crippen LogP contribution in [0.5, 0.6) is 0 Å². The van der Waals surface area contributed by atoms with Crippen molar-refractivity contribution in [1.29, 1.82) is 0 Å². The summed E-state index contributed by atoms with van der Waals surface area (Å²) in [6.07, 6.45) is 0. The summed E-state index contributed by atoms with van der Waals surface area (Å²) in [6, 6.07) is 20.4. The van der Waals surface area contributed by atoms with Gasteiger partial charge in [0.25, 0.3) is 5.91 Å². The van der Waals surface area contributed by atoms with Gasteiger partial charge in [0.05, 0.1) is 11.2 Å². The predicted octanol–water partition coefficient (Wildman–Crippen LogP) is 3.77. The van der Waals surface area contributed by atoms with Crippen LogP contribution >= 0.6 is 11.3 Å². The molecule has 5 heteroatoms. The number of aromatic nitrogens is 1. The van der Waals surface area contributed by atoms with Crippen molar-refractivity contribution in [2.24, 2.45) is 0 Å². The van der Waals surface area contributed by atoms with Gasteiger partial charge >= 0.3 is 0 Å². The van der Waals surface area contributed by atoms with Crippen molar-refractivity contribution in [3.63, 3.8) is 0 Å². The van der Waals surface area contributed by atoms with Gasteiger partial charge < -0.3 is 4.90 Å². The van der Waals surface area contributed by atoms with Crippen LogP contribution in [0.2, 0.25) is 0 Å². The highest BCUT2D eigenvalue weighted by Gasteiger charge is 2.25. The third-order valence-corrected chi connectivity index (χ3v) is 5.53. The first-order chi connectivity index (χ1) is 12.8. The fourth-order valence-corrected chi connectivity index (χ4v) is 4.07. The molecule has 3 aromatic rings. The van der Waals surface area contributed by atoms with E-state index in [1.165, 1.54) is 16.9 Å². The van der Waals surface area contributed by atoms with E-state index in [-0.39, 0.29) is 5.91 Å². The van der Waals surface area contributed by atoms with Crippen LogP contribution in [0.15, 0.2) is 66.2 Å². The van der Waals surface area contributed by atoms with E-state index in [1.54, 1.807) is 5.51 Å². The number of rotatable bonds is 4. The highest BCUT2D eigenvalue weighted by atomic mass is 32.1. The lowest BCUT2D eigenvalue weighted by Gasteiger charge is -2.34. The zero-order chi connectivity index (χ0) is 17.8. The number of nitrogens with zero attached hydrogens (tertiary/aromatic N) is 3. The minimum absolute atomic E-state index is 0.103. The Bertz CT molecular complexity index is 855. The van der Waals surface area contributed by atoms with Crippen LogP contribution in [0, 0.1) is 0 Å². The Balaban J connectivity index is 1.41. The van der Waals surface area contributed by atoms with Crippen LogP contribution in [0.1, 0.15) is 15.2 Å². The summed E-state index contributed by atoms with van der Waals surface area (Å²) < 4.78 is 0. The standard InChI is InChI=1S/C21H21N3OS/c25-21(20-19(22-16-26-20)18-9-5-2-6-10-18)24-13-11-23(12-14-24)15-17-7-3-1-4-8-17/h1-10,16H,11-15H2. The van der Waals surface area contributed by atoms with Crippen LogP contribution in [0.25, 0.3) is 11.3 Å². The molecule has 0 unspecified atom stereocenters. The number of benzene rings is 2. The second-order valence-corrected chi connectivity index (χ2v) is 7.30. The predicted molar refractivity (Wildman–Crippen MR) is 105 cm³/mol. The monoisotopic (exact) mass is 363 g/mol. The maximum absolute atomic E-state index is 13.0. The molecule has 2 aromatic carbocycles. The average molecular weight is 363 g/mol. The molecule has 0 atom stereocenters. The molecule has 4 nitrogen and oxygen atoms in total. The number of piperazine rings is 1. The maximum atomic E-state index is 13.0. The molecule has 1 amide bonds. The lowest BCUT2D eigenvalue weighted by molar-refractivity contribution is 0.0633. The van der Waals surface area contributed by atoms with Crippen molar-refractivity contribution >= 4 is 17.2 Å². The third kappa shape index (κ3) is 3.69. The Morgan fingerprint density at radius 1 is 0.923 bits per heavy atom. The molecule has 1 aliphatic rings. The van der Waals surface area contributed by atoms with Gasteiger partial charge in [0.2, 0.25) is 0 Å². The zero-order valence-corrected chi connectivity index (χ0v) is 15.4. The van der Waals surface area contributed by atoms with E-state index < -0.39 is 0 Å². The van der Waals surface area contributed by atoms with E-state index in [4.69, 9.17) is 0 Å². The summed E-state index contributed by atoms with van der Waals surface area (Å²) in [6.45, 7) is 4.27. The van der Waals surface area contributed by atoms with Crippen LogP contribution in [0.3, 0.4) is 0 Å². The third-order valence-electron chi connectivity index (χ3n) is 4.72. The lowest BCUT2D eigenvalue weighted by atomic mass is 10.1. The number of thiazole rings is 1. The fraction of sp³-hybridized carbons (Fsp3) is 0.238. The van der Waals surface area contributed by atoms with Gasteiger partial charge in [0.15, 0.2) is 0 Å². The van der Waals surface area contributed by atoms with Gasteiger partial charge in [-0.1, -0.05) is 60.7 Å². The molecule has 0 aliphatic carbocycles. The van der Waals surface area contributed by atoms with E-state index in [0.717, 1.165) is 48.9 Å². The Morgan fingerprint density at radius 2 is 1.58 bits per heavy atom. The van der Waals surface area contributed by atoms with Crippen molar-refractivity contribution in [3.05, 3.63) is 76.6 Å². The quantitative estimate of drug-likeness (QED) is 0.708. The smallest absolute Gasteiger partial charge is 0.266 e. The number of hydrogen-bond acceptors (Lipinski definition) is 4. The molecule has 26 heavy (non-hydrogen) atoms. The lowest BCUT2D eigenvalue weighted by Crippen LogP contribution is -2.48. The molecule has 1 saturated heterocycles. The summed E-state index contributed by atoms with van der Waals surface area (Å²) in [7, 11) is 0. The molecule has 4 rings (SSSR count). The van der Waals surface area contributed by atoms with E-state index in [2.05, 4.69) is 34.1 Å². The van der Waals surface area contributed by atoms with Crippen LogP contribution in [-0.4, -0.2) is 46.9 Å². The molecule has 1 aliphatic heterocycles. The Morgan fingerprint density at radius 3 is 2.27 bits per heavy atom.